The van der Waals surface area contributed by atoms with E-state index in [1.165, 1.54) is 5.56 Å². The van der Waals surface area contributed by atoms with Gasteiger partial charge in [-0.05, 0) is 44.4 Å². The van der Waals surface area contributed by atoms with E-state index in [1.54, 1.807) is 4.68 Å². The number of aromatic amines is 1. The lowest BCUT2D eigenvalue weighted by molar-refractivity contribution is -0.133. The first-order chi connectivity index (χ1) is 12.1. The van der Waals surface area contributed by atoms with Crippen molar-refractivity contribution in [3.05, 3.63) is 47.5 Å². The molecule has 4 rings (SSSR count). The quantitative estimate of drug-likeness (QED) is 0.799. The van der Waals surface area contributed by atoms with Gasteiger partial charge in [-0.15, -0.1) is 0 Å². The maximum Gasteiger partial charge on any atom is 0.244 e. The van der Waals surface area contributed by atoms with Gasteiger partial charge in [-0.25, -0.2) is 4.98 Å². The maximum atomic E-state index is 12.6. The van der Waals surface area contributed by atoms with Crippen molar-refractivity contribution in [3.63, 3.8) is 0 Å². The molecule has 0 bridgehead atoms. The minimum absolute atomic E-state index is 0.125. The van der Waals surface area contributed by atoms with Gasteiger partial charge < -0.3 is 9.88 Å². The SMILES string of the molecule is Cc1ccn(CC(=O)N2CCC[C@@H](c3nc4c(C)cccc4[nH]3)C2)n1. The van der Waals surface area contributed by atoms with Gasteiger partial charge in [0, 0.05) is 25.2 Å². The molecule has 1 fully saturated rings. The van der Waals surface area contributed by atoms with Crippen molar-refractivity contribution in [2.24, 2.45) is 0 Å². The number of H-pyrrole nitrogens is 1. The number of aromatic nitrogens is 4. The number of nitrogens with zero attached hydrogens (tertiary/aromatic N) is 4. The van der Waals surface area contributed by atoms with Crippen molar-refractivity contribution in [1.29, 1.82) is 0 Å². The summed E-state index contributed by atoms with van der Waals surface area (Å²) in [6.07, 6.45) is 3.92. The number of benzene rings is 1. The number of carbonyl (C=O) groups is 1. The van der Waals surface area contributed by atoms with E-state index in [0.29, 0.717) is 6.54 Å². The lowest BCUT2D eigenvalue weighted by atomic mass is 9.97. The Kier molecular flexibility index (Phi) is 4.03. The molecule has 3 aromatic rings. The Balaban J connectivity index is 1.49. The van der Waals surface area contributed by atoms with E-state index in [0.717, 1.165) is 48.5 Å². The minimum atomic E-state index is 0.125. The lowest BCUT2D eigenvalue weighted by Crippen LogP contribution is -2.41. The standard InChI is InChI=1S/C19H23N5O/c1-13-5-3-7-16-18(13)21-19(20-16)15-6-4-9-23(11-15)17(25)12-24-10-8-14(2)22-24/h3,5,7-8,10,15H,4,6,9,11-12H2,1-2H3,(H,20,21)/t15-/m1/s1. The average molecular weight is 337 g/mol. The van der Waals surface area contributed by atoms with Gasteiger partial charge in [0.05, 0.1) is 16.7 Å². The summed E-state index contributed by atoms with van der Waals surface area (Å²) < 4.78 is 1.71. The molecule has 3 heterocycles. The molecule has 1 amide bonds. The lowest BCUT2D eigenvalue weighted by Gasteiger charge is -2.31. The molecule has 0 radical (unpaired) electrons. The van der Waals surface area contributed by atoms with E-state index < -0.39 is 0 Å². The fourth-order valence-electron chi connectivity index (χ4n) is 3.60. The number of carbonyl (C=O) groups excluding carboxylic acids is 1. The molecule has 6 nitrogen and oxygen atoms in total. The molecule has 25 heavy (non-hydrogen) atoms. The molecular weight excluding hydrogens is 314 g/mol. The fourth-order valence-corrected chi connectivity index (χ4v) is 3.60. The van der Waals surface area contributed by atoms with Crippen LogP contribution in [-0.4, -0.2) is 43.6 Å². The predicted molar refractivity (Wildman–Crippen MR) is 96.3 cm³/mol. The molecule has 0 aliphatic carbocycles. The topological polar surface area (TPSA) is 66.8 Å². The first-order valence-corrected chi connectivity index (χ1v) is 8.83. The van der Waals surface area contributed by atoms with Crippen molar-refractivity contribution in [2.75, 3.05) is 13.1 Å². The van der Waals surface area contributed by atoms with E-state index in [-0.39, 0.29) is 11.8 Å². The molecule has 0 saturated carbocycles. The Hall–Kier alpha value is -2.63. The number of hydrogen-bond donors (Lipinski definition) is 1. The Morgan fingerprint density at radius 2 is 2.20 bits per heavy atom. The van der Waals surface area contributed by atoms with Crippen LogP contribution >= 0.6 is 0 Å². The number of para-hydroxylation sites is 1. The Bertz CT molecular complexity index is 910. The monoisotopic (exact) mass is 337 g/mol. The van der Waals surface area contributed by atoms with Gasteiger partial charge in [-0.2, -0.15) is 5.10 Å². The van der Waals surface area contributed by atoms with Crippen molar-refractivity contribution < 1.29 is 4.79 Å². The maximum absolute atomic E-state index is 12.6. The molecule has 1 aliphatic rings. The van der Waals surface area contributed by atoms with Crippen molar-refractivity contribution >= 4 is 16.9 Å². The first kappa shape index (κ1) is 15.9. The molecule has 1 N–H and O–H groups in total. The summed E-state index contributed by atoms with van der Waals surface area (Å²) in [5.41, 5.74) is 4.22. The highest BCUT2D eigenvalue weighted by Gasteiger charge is 2.27. The van der Waals surface area contributed by atoms with Crippen LogP contribution in [0, 0.1) is 13.8 Å². The zero-order valence-corrected chi connectivity index (χ0v) is 14.7. The van der Waals surface area contributed by atoms with Crippen LogP contribution < -0.4 is 0 Å². The number of amides is 1. The second-order valence-corrected chi connectivity index (χ2v) is 6.93. The summed E-state index contributed by atoms with van der Waals surface area (Å²) in [6, 6.07) is 8.10. The van der Waals surface area contributed by atoms with E-state index in [1.807, 2.05) is 30.2 Å². The summed E-state index contributed by atoms with van der Waals surface area (Å²) >= 11 is 0. The molecule has 130 valence electrons. The van der Waals surface area contributed by atoms with Gasteiger partial charge in [-0.1, -0.05) is 12.1 Å². The average Bonchev–Trinajstić information content (AvgIpc) is 3.22. The molecule has 6 heteroatoms. The Morgan fingerprint density at radius 1 is 1.32 bits per heavy atom. The van der Waals surface area contributed by atoms with E-state index in [2.05, 4.69) is 29.1 Å². The van der Waals surface area contributed by atoms with Crippen molar-refractivity contribution in [2.45, 2.75) is 39.2 Å². The zero-order valence-electron chi connectivity index (χ0n) is 14.7. The number of fused-ring (bicyclic) bond motifs is 1. The first-order valence-electron chi connectivity index (χ1n) is 8.83. The van der Waals surface area contributed by atoms with Gasteiger partial charge in [0.1, 0.15) is 12.4 Å². The van der Waals surface area contributed by atoms with E-state index >= 15 is 0 Å². The van der Waals surface area contributed by atoms with Gasteiger partial charge in [0.25, 0.3) is 0 Å². The minimum Gasteiger partial charge on any atom is -0.342 e. The van der Waals surface area contributed by atoms with E-state index in [4.69, 9.17) is 4.98 Å². The summed E-state index contributed by atoms with van der Waals surface area (Å²) in [6.45, 7) is 5.85. The summed E-state index contributed by atoms with van der Waals surface area (Å²) in [5, 5.41) is 4.31. The largest absolute Gasteiger partial charge is 0.342 e. The third kappa shape index (κ3) is 3.16. The number of nitrogens with one attached hydrogen (secondary N) is 1. The third-order valence-electron chi connectivity index (χ3n) is 4.96. The highest BCUT2D eigenvalue weighted by atomic mass is 16.2. The number of likely N-dealkylation sites (tertiary alicyclic amines) is 1. The second kappa shape index (κ2) is 6.35. The predicted octanol–water partition coefficient (Wildman–Crippen LogP) is 2.78. The van der Waals surface area contributed by atoms with Gasteiger partial charge >= 0.3 is 0 Å². The van der Waals surface area contributed by atoms with Crippen LogP contribution in [-0.2, 0) is 11.3 Å². The van der Waals surface area contributed by atoms with Crippen LogP contribution in [0.1, 0.15) is 35.8 Å². The number of rotatable bonds is 3. The molecular formula is C19H23N5O. The van der Waals surface area contributed by atoms with Crippen LogP contribution in [0.2, 0.25) is 0 Å². The summed E-state index contributed by atoms with van der Waals surface area (Å²) in [5.74, 6) is 1.39. The van der Waals surface area contributed by atoms with Gasteiger partial charge in [-0.3, -0.25) is 9.48 Å². The fraction of sp³-hybridized carbons (Fsp3) is 0.421. The second-order valence-electron chi connectivity index (χ2n) is 6.93. The van der Waals surface area contributed by atoms with Gasteiger partial charge in [0.2, 0.25) is 5.91 Å². The Labute approximate surface area is 146 Å². The molecule has 0 unspecified atom stereocenters. The number of aryl methyl sites for hydroxylation is 2. The van der Waals surface area contributed by atoms with Crippen LogP contribution in [0.15, 0.2) is 30.5 Å². The molecule has 1 aromatic carbocycles. The normalized spacial score (nSPS) is 18.0. The number of hydrogen-bond acceptors (Lipinski definition) is 3. The molecule has 1 atom stereocenters. The van der Waals surface area contributed by atoms with Crippen LogP contribution in [0.3, 0.4) is 0 Å². The highest BCUT2D eigenvalue weighted by Crippen LogP contribution is 2.27. The number of imidazole rings is 1. The van der Waals surface area contributed by atoms with Crippen LogP contribution in [0.25, 0.3) is 11.0 Å². The molecule has 0 spiro atoms. The third-order valence-corrected chi connectivity index (χ3v) is 4.96. The van der Waals surface area contributed by atoms with Crippen molar-refractivity contribution in [1.82, 2.24) is 24.6 Å². The van der Waals surface area contributed by atoms with Crippen molar-refractivity contribution in [3.8, 4) is 0 Å². The van der Waals surface area contributed by atoms with E-state index in [9.17, 15) is 4.79 Å². The van der Waals surface area contributed by atoms with Crippen LogP contribution in [0.5, 0.6) is 0 Å². The highest BCUT2D eigenvalue weighted by molar-refractivity contribution is 5.79. The van der Waals surface area contributed by atoms with Crippen LogP contribution in [0.4, 0.5) is 0 Å². The Morgan fingerprint density at radius 3 is 2.96 bits per heavy atom. The number of piperidine rings is 1. The zero-order chi connectivity index (χ0) is 17.4. The molecule has 1 aliphatic heterocycles. The summed E-state index contributed by atoms with van der Waals surface area (Å²) in [4.78, 5) is 22.8. The molecule has 1 saturated heterocycles. The van der Waals surface area contributed by atoms with Gasteiger partial charge in [0.15, 0.2) is 0 Å². The smallest absolute Gasteiger partial charge is 0.244 e. The molecule has 2 aromatic heterocycles. The summed E-state index contributed by atoms with van der Waals surface area (Å²) in [7, 11) is 0.